The number of anilines is 2. The van der Waals surface area contributed by atoms with Crippen molar-refractivity contribution in [1.82, 2.24) is 20.2 Å². The van der Waals surface area contributed by atoms with Crippen LogP contribution in [0.25, 0.3) is 11.3 Å². The van der Waals surface area contributed by atoms with Crippen molar-refractivity contribution in [3.05, 3.63) is 53.1 Å². The SMILES string of the molecule is Cc1ncc(C(=O)Nc2cccc(-c3n[nH]c4c3CCCC4)c2)c(N)n1. The van der Waals surface area contributed by atoms with Gasteiger partial charge in [-0.05, 0) is 44.7 Å². The number of hydrogen-bond donors (Lipinski definition) is 3. The van der Waals surface area contributed by atoms with Gasteiger partial charge in [0.2, 0.25) is 0 Å². The first-order chi connectivity index (χ1) is 12.6. The molecule has 0 aliphatic heterocycles. The number of benzene rings is 1. The van der Waals surface area contributed by atoms with E-state index >= 15 is 0 Å². The maximum Gasteiger partial charge on any atom is 0.260 e. The summed E-state index contributed by atoms with van der Waals surface area (Å²) in [6.07, 6.45) is 5.91. The van der Waals surface area contributed by atoms with E-state index in [0.717, 1.165) is 24.1 Å². The highest BCUT2D eigenvalue weighted by Crippen LogP contribution is 2.30. The van der Waals surface area contributed by atoms with Gasteiger partial charge in [-0.3, -0.25) is 9.89 Å². The van der Waals surface area contributed by atoms with Crippen LogP contribution in [0.3, 0.4) is 0 Å². The molecule has 26 heavy (non-hydrogen) atoms. The largest absolute Gasteiger partial charge is 0.383 e. The van der Waals surface area contributed by atoms with Crippen LogP contribution in [0.5, 0.6) is 0 Å². The molecular weight excluding hydrogens is 328 g/mol. The third-order valence-corrected chi connectivity index (χ3v) is 4.63. The van der Waals surface area contributed by atoms with Crippen molar-refractivity contribution in [3.8, 4) is 11.3 Å². The number of aromatic amines is 1. The zero-order chi connectivity index (χ0) is 18.1. The van der Waals surface area contributed by atoms with Crippen molar-refractivity contribution in [2.24, 2.45) is 0 Å². The van der Waals surface area contributed by atoms with E-state index in [0.29, 0.717) is 11.5 Å². The van der Waals surface area contributed by atoms with Gasteiger partial charge in [-0.15, -0.1) is 0 Å². The fourth-order valence-electron chi connectivity index (χ4n) is 3.32. The Balaban J connectivity index is 1.60. The Morgan fingerprint density at radius 1 is 1.27 bits per heavy atom. The molecule has 2 aromatic heterocycles. The van der Waals surface area contributed by atoms with Gasteiger partial charge in [0, 0.05) is 28.7 Å². The summed E-state index contributed by atoms with van der Waals surface area (Å²) in [6, 6.07) is 7.67. The number of nitrogens with zero attached hydrogens (tertiary/aromatic N) is 3. The van der Waals surface area contributed by atoms with E-state index in [4.69, 9.17) is 5.73 Å². The van der Waals surface area contributed by atoms with E-state index in [1.807, 2.05) is 24.3 Å². The van der Waals surface area contributed by atoms with Crippen LogP contribution >= 0.6 is 0 Å². The molecule has 0 spiro atoms. The van der Waals surface area contributed by atoms with Gasteiger partial charge < -0.3 is 11.1 Å². The van der Waals surface area contributed by atoms with Gasteiger partial charge in [0.25, 0.3) is 5.91 Å². The van der Waals surface area contributed by atoms with Gasteiger partial charge >= 0.3 is 0 Å². The fourth-order valence-corrected chi connectivity index (χ4v) is 3.32. The molecule has 7 heteroatoms. The highest BCUT2D eigenvalue weighted by Gasteiger charge is 2.18. The molecule has 1 aromatic carbocycles. The number of fused-ring (bicyclic) bond motifs is 1. The summed E-state index contributed by atoms with van der Waals surface area (Å²) in [6.45, 7) is 1.73. The number of rotatable bonds is 3. The number of hydrogen-bond acceptors (Lipinski definition) is 5. The zero-order valence-corrected chi connectivity index (χ0v) is 14.5. The lowest BCUT2D eigenvalue weighted by atomic mass is 9.93. The first kappa shape index (κ1) is 16.3. The average molecular weight is 348 g/mol. The maximum atomic E-state index is 12.5. The number of aromatic nitrogens is 4. The number of nitrogens with two attached hydrogens (primary N) is 1. The number of amides is 1. The minimum atomic E-state index is -0.330. The molecular formula is C19H20N6O. The Morgan fingerprint density at radius 3 is 2.96 bits per heavy atom. The minimum Gasteiger partial charge on any atom is -0.383 e. The Labute approximate surface area is 151 Å². The van der Waals surface area contributed by atoms with Crippen LogP contribution in [-0.4, -0.2) is 26.1 Å². The topological polar surface area (TPSA) is 110 Å². The van der Waals surface area contributed by atoms with Crippen molar-refractivity contribution < 1.29 is 4.79 Å². The maximum absolute atomic E-state index is 12.5. The Morgan fingerprint density at radius 2 is 2.12 bits per heavy atom. The molecule has 1 aliphatic rings. The van der Waals surface area contributed by atoms with Crippen LogP contribution in [0.15, 0.2) is 30.5 Å². The van der Waals surface area contributed by atoms with Gasteiger partial charge in [0.15, 0.2) is 0 Å². The molecule has 132 valence electrons. The van der Waals surface area contributed by atoms with Crippen molar-refractivity contribution in [2.45, 2.75) is 32.6 Å². The van der Waals surface area contributed by atoms with E-state index in [-0.39, 0.29) is 17.3 Å². The second-order valence-corrected chi connectivity index (χ2v) is 6.49. The molecule has 1 aliphatic carbocycles. The Bertz CT molecular complexity index is 978. The first-order valence-corrected chi connectivity index (χ1v) is 8.69. The van der Waals surface area contributed by atoms with Crippen LogP contribution in [0.2, 0.25) is 0 Å². The molecule has 0 saturated heterocycles. The fraction of sp³-hybridized carbons (Fsp3) is 0.263. The monoisotopic (exact) mass is 348 g/mol. The third kappa shape index (κ3) is 3.03. The second-order valence-electron chi connectivity index (χ2n) is 6.49. The standard InChI is InChI=1S/C19H20N6O/c1-11-21-10-15(18(20)22-11)19(26)23-13-6-4-5-12(9-13)17-14-7-2-3-8-16(14)24-25-17/h4-6,9-10H,2-3,7-8H2,1H3,(H,23,26)(H,24,25)(H2,20,21,22). The van der Waals surface area contributed by atoms with Crippen molar-refractivity contribution in [2.75, 3.05) is 11.1 Å². The molecule has 3 aromatic rings. The first-order valence-electron chi connectivity index (χ1n) is 8.69. The third-order valence-electron chi connectivity index (χ3n) is 4.63. The van der Waals surface area contributed by atoms with E-state index < -0.39 is 0 Å². The number of carbonyl (C=O) groups is 1. The van der Waals surface area contributed by atoms with Crippen LogP contribution in [0.1, 0.15) is 40.3 Å². The van der Waals surface area contributed by atoms with Gasteiger partial charge in [-0.25, -0.2) is 9.97 Å². The Kier molecular flexibility index (Phi) is 4.12. The summed E-state index contributed by atoms with van der Waals surface area (Å²) in [5.74, 6) is 0.376. The van der Waals surface area contributed by atoms with Crippen molar-refractivity contribution in [1.29, 1.82) is 0 Å². The van der Waals surface area contributed by atoms with Crippen LogP contribution in [0, 0.1) is 6.92 Å². The summed E-state index contributed by atoms with van der Waals surface area (Å²) in [7, 11) is 0. The molecule has 0 bridgehead atoms. The second kappa shape index (κ2) is 6.59. The van der Waals surface area contributed by atoms with Gasteiger partial charge in [0.1, 0.15) is 17.2 Å². The average Bonchev–Trinajstić information content (AvgIpc) is 3.06. The van der Waals surface area contributed by atoms with Crippen LogP contribution in [0.4, 0.5) is 11.5 Å². The summed E-state index contributed by atoms with van der Waals surface area (Å²) in [5.41, 5.74) is 11.2. The lowest BCUT2D eigenvalue weighted by Crippen LogP contribution is -2.16. The van der Waals surface area contributed by atoms with Crippen LogP contribution in [-0.2, 0) is 12.8 Å². The molecule has 0 unspecified atom stereocenters. The summed E-state index contributed by atoms with van der Waals surface area (Å²) in [5, 5.41) is 10.5. The highest BCUT2D eigenvalue weighted by molar-refractivity contribution is 6.07. The van der Waals surface area contributed by atoms with Crippen LogP contribution < -0.4 is 11.1 Å². The van der Waals surface area contributed by atoms with E-state index in [9.17, 15) is 4.79 Å². The number of aryl methyl sites for hydroxylation is 2. The van der Waals surface area contributed by atoms with Gasteiger partial charge in [-0.2, -0.15) is 5.10 Å². The summed E-state index contributed by atoms with van der Waals surface area (Å²) < 4.78 is 0. The van der Waals surface area contributed by atoms with E-state index in [1.165, 1.54) is 30.3 Å². The number of carbonyl (C=O) groups excluding carboxylic acids is 1. The van der Waals surface area contributed by atoms with E-state index in [2.05, 4.69) is 25.5 Å². The number of nitrogen functional groups attached to an aromatic ring is 1. The molecule has 1 amide bonds. The zero-order valence-electron chi connectivity index (χ0n) is 14.5. The number of nitrogens with one attached hydrogen (secondary N) is 2. The normalized spacial score (nSPS) is 13.3. The lowest BCUT2D eigenvalue weighted by Gasteiger charge is -2.12. The molecule has 0 fully saturated rings. The number of H-pyrrole nitrogens is 1. The van der Waals surface area contributed by atoms with Gasteiger partial charge in [0.05, 0.1) is 5.69 Å². The molecule has 0 saturated carbocycles. The van der Waals surface area contributed by atoms with Crippen molar-refractivity contribution >= 4 is 17.4 Å². The smallest absolute Gasteiger partial charge is 0.260 e. The molecule has 4 N–H and O–H groups in total. The molecule has 7 nitrogen and oxygen atoms in total. The minimum absolute atomic E-state index is 0.174. The quantitative estimate of drug-likeness (QED) is 0.674. The molecule has 2 heterocycles. The molecule has 4 rings (SSSR count). The highest BCUT2D eigenvalue weighted by atomic mass is 16.1. The predicted molar refractivity (Wildman–Crippen MR) is 99.8 cm³/mol. The van der Waals surface area contributed by atoms with Crippen molar-refractivity contribution in [3.63, 3.8) is 0 Å². The van der Waals surface area contributed by atoms with E-state index in [1.54, 1.807) is 6.92 Å². The lowest BCUT2D eigenvalue weighted by molar-refractivity contribution is 0.102. The predicted octanol–water partition coefficient (Wildman–Crippen LogP) is 2.89. The summed E-state index contributed by atoms with van der Waals surface area (Å²) >= 11 is 0. The summed E-state index contributed by atoms with van der Waals surface area (Å²) in [4.78, 5) is 20.6. The Hall–Kier alpha value is -3.22. The van der Waals surface area contributed by atoms with Gasteiger partial charge in [-0.1, -0.05) is 12.1 Å². The molecule has 0 radical (unpaired) electrons. The molecule has 0 atom stereocenters.